The fraction of sp³-hybridized carbons (Fsp3) is 0.0909. The average Bonchev–Trinajstić information content (AvgIpc) is 3.53. The molecule has 6 rings (SSSR count). The van der Waals surface area contributed by atoms with Gasteiger partial charge in [-0.2, -0.15) is 9.61 Å². The molecular weight excluding hydrogens is 412 g/mol. The molecule has 1 N–H and O–H groups in total. The number of nitrogens with one attached hydrogen (secondary N) is 1. The first-order valence-corrected chi connectivity index (χ1v) is 11.2. The lowest BCUT2D eigenvalue weighted by Gasteiger charge is -2.08. The van der Waals surface area contributed by atoms with Crippen LogP contribution in [0.3, 0.4) is 0 Å². The fourth-order valence-electron chi connectivity index (χ4n) is 3.80. The molecule has 0 spiro atoms. The summed E-state index contributed by atoms with van der Waals surface area (Å²) in [5, 5.41) is 16.9. The largest absolute Gasteiger partial charge is 0.360 e. The number of aromatic amines is 1. The Hall–Kier alpha value is -3.36. The zero-order valence-electron chi connectivity index (χ0n) is 16.2. The van der Waals surface area contributed by atoms with Crippen LogP contribution in [0.15, 0.2) is 54.0 Å². The van der Waals surface area contributed by atoms with E-state index in [1.807, 2.05) is 35.8 Å². The molecule has 0 amide bonds. The van der Waals surface area contributed by atoms with Crippen molar-refractivity contribution in [2.45, 2.75) is 13.8 Å². The van der Waals surface area contributed by atoms with Gasteiger partial charge in [0.05, 0.1) is 4.88 Å². The van der Waals surface area contributed by atoms with Crippen LogP contribution in [-0.2, 0) is 0 Å². The summed E-state index contributed by atoms with van der Waals surface area (Å²) in [6.07, 6.45) is 2.00. The molecule has 5 heterocycles. The van der Waals surface area contributed by atoms with Crippen LogP contribution >= 0.6 is 22.7 Å². The number of thiophene rings is 2. The summed E-state index contributed by atoms with van der Waals surface area (Å²) in [5.41, 5.74) is 4.83. The van der Waals surface area contributed by atoms with E-state index in [2.05, 4.69) is 47.2 Å². The second-order valence-electron chi connectivity index (χ2n) is 7.10. The fourth-order valence-corrected chi connectivity index (χ4v) is 5.41. The highest BCUT2D eigenvalue weighted by Gasteiger charge is 2.22. The van der Waals surface area contributed by atoms with E-state index < -0.39 is 0 Å². The minimum absolute atomic E-state index is 0.493. The van der Waals surface area contributed by atoms with Crippen molar-refractivity contribution in [2.24, 2.45) is 0 Å². The van der Waals surface area contributed by atoms with Crippen LogP contribution in [0.4, 0.5) is 0 Å². The maximum Gasteiger partial charge on any atom is 0.272 e. The van der Waals surface area contributed by atoms with Gasteiger partial charge in [-0.1, -0.05) is 24.3 Å². The quantitative estimate of drug-likeness (QED) is 0.390. The Morgan fingerprint density at radius 3 is 2.67 bits per heavy atom. The number of hydrogen-bond donors (Lipinski definition) is 1. The molecular formula is C22H16N6S2. The summed E-state index contributed by atoms with van der Waals surface area (Å²) in [6, 6.07) is 14.4. The molecule has 0 saturated heterocycles. The standard InChI is InChI=1S/C22H16N6S2/c1-12-10-15(13(2)30-12)20-19(16-11-23-17-7-4-3-6-14(16)17)24-22-26-25-21(28(22)27-20)18-8-5-9-29-18/h3-11,23H,1-2H3. The number of H-pyrrole nitrogens is 1. The third kappa shape index (κ3) is 2.61. The number of para-hydroxylation sites is 1. The van der Waals surface area contributed by atoms with Gasteiger partial charge in [0.2, 0.25) is 0 Å². The maximum absolute atomic E-state index is 5.03. The third-order valence-electron chi connectivity index (χ3n) is 5.14. The van der Waals surface area contributed by atoms with Crippen LogP contribution in [0.1, 0.15) is 9.75 Å². The summed E-state index contributed by atoms with van der Waals surface area (Å²) in [4.78, 5) is 11.8. The number of rotatable bonds is 3. The Balaban J connectivity index is 1.69. The molecule has 8 heteroatoms. The molecule has 0 aliphatic carbocycles. The second-order valence-corrected chi connectivity index (χ2v) is 9.50. The normalized spacial score (nSPS) is 11.7. The van der Waals surface area contributed by atoms with Gasteiger partial charge in [0.15, 0.2) is 5.82 Å². The van der Waals surface area contributed by atoms with E-state index in [4.69, 9.17) is 10.1 Å². The van der Waals surface area contributed by atoms with Crippen molar-refractivity contribution in [3.63, 3.8) is 0 Å². The Morgan fingerprint density at radius 2 is 1.87 bits per heavy atom. The van der Waals surface area contributed by atoms with E-state index in [-0.39, 0.29) is 0 Å². The molecule has 0 fully saturated rings. The number of benzene rings is 1. The van der Waals surface area contributed by atoms with Crippen molar-refractivity contribution in [3.8, 4) is 33.2 Å². The van der Waals surface area contributed by atoms with E-state index in [0.717, 1.165) is 38.3 Å². The highest BCUT2D eigenvalue weighted by molar-refractivity contribution is 7.13. The first kappa shape index (κ1) is 17.5. The van der Waals surface area contributed by atoms with E-state index in [1.165, 1.54) is 9.75 Å². The van der Waals surface area contributed by atoms with Crippen molar-refractivity contribution >= 4 is 39.4 Å². The second kappa shape index (κ2) is 6.58. The molecule has 0 unspecified atom stereocenters. The maximum atomic E-state index is 5.03. The average molecular weight is 429 g/mol. The van der Waals surface area contributed by atoms with Crippen molar-refractivity contribution in [3.05, 3.63) is 63.8 Å². The molecule has 0 aliphatic heterocycles. The third-order valence-corrected chi connectivity index (χ3v) is 6.97. The number of fused-ring (bicyclic) bond motifs is 2. The molecule has 0 radical (unpaired) electrons. The summed E-state index contributed by atoms with van der Waals surface area (Å²) in [7, 11) is 0. The Kier molecular flexibility index (Phi) is 3.84. The summed E-state index contributed by atoms with van der Waals surface area (Å²) in [5.74, 6) is 1.20. The highest BCUT2D eigenvalue weighted by Crippen LogP contribution is 2.38. The highest BCUT2D eigenvalue weighted by atomic mass is 32.1. The molecule has 1 aromatic carbocycles. The molecule has 0 aliphatic rings. The van der Waals surface area contributed by atoms with Crippen molar-refractivity contribution in [2.75, 3.05) is 0 Å². The summed E-state index contributed by atoms with van der Waals surface area (Å²) >= 11 is 3.38. The SMILES string of the molecule is Cc1cc(-c2nn3c(-c4cccs4)nnc3nc2-c2c[nH]c3ccccc23)c(C)s1. The van der Waals surface area contributed by atoms with Gasteiger partial charge in [0.1, 0.15) is 11.4 Å². The van der Waals surface area contributed by atoms with Gasteiger partial charge in [-0.15, -0.1) is 32.9 Å². The molecule has 5 aromatic heterocycles. The molecule has 0 bridgehead atoms. The van der Waals surface area contributed by atoms with E-state index in [9.17, 15) is 0 Å². The lowest BCUT2D eigenvalue weighted by atomic mass is 10.0. The van der Waals surface area contributed by atoms with E-state index >= 15 is 0 Å². The van der Waals surface area contributed by atoms with Crippen LogP contribution in [-0.4, -0.2) is 29.8 Å². The lowest BCUT2D eigenvalue weighted by Crippen LogP contribution is -2.02. The van der Waals surface area contributed by atoms with Gasteiger partial charge in [-0.25, -0.2) is 4.98 Å². The minimum Gasteiger partial charge on any atom is -0.360 e. The topological polar surface area (TPSA) is 71.8 Å². The van der Waals surface area contributed by atoms with Gasteiger partial charge < -0.3 is 4.98 Å². The smallest absolute Gasteiger partial charge is 0.272 e. The number of nitrogens with zero attached hydrogens (tertiary/aromatic N) is 5. The predicted molar refractivity (Wildman–Crippen MR) is 122 cm³/mol. The zero-order valence-corrected chi connectivity index (χ0v) is 17.9. The molecule has 30 heavy (non-hydrogen) atoms. The van der Waals surface area contributed by atoms with Crippen LogP contribution in [0.5, 0.6) is 0 Å². The zero-order chi connectivity index (χ0) is 20.2. The number of aromatic nitrogens is 6. The lowest BCUT2D eigenvalue weighted by molar-refractivity contribution is 0.918. The van der Waals surface area contributed by atoms with Crippen LogP contribution in [0.2, 0.25) is 0 Å². The molecule has 6 aromatic rings. The molecule has 6 nitrogen and oxygen atoms in total. The molecule has 0 atom stereocenters. The van der Waals surface area contributed by atoms with Crippen molar-refractivity contribution in [1.82, 2.24) is 29.8 Å². The first-order valence-electron chi connectivity index (χ1n) is 9.50. The minimum atomic E-state index is 0.493. The number of hydrogen-bond acceptors (Lipinski definition) is 6. The Labute approximate surface area is 179 Å². The summed E-state index contributed by atoms with van der Waals surface area (Å²) < 4.78 is 1.76. The van der Waals surface area contributed by atoms with Gasteiger partial charge in [-0.3, -0.25) is 0 Å². The van der Waals surface area contributed by atoms with E-state index in [1.54, 1.807) is 27.2 Å². The van der Waals surface area contributed by atoms with Gasteiger partial charge >= 0.3 is 0 Å². The van der Waals surface area contributed by atoms with Crippen molar-refractivity contribution < 1.29 is 0 Å². The predicted octanol–water partition coefficient (Wildman–Crippen LogP) is 5.74. The van der Waals surface area contributed by atoms with Gasteiger partial charge in [-0.05, 0) is 37.4 Å². The van der Waals surface area contributed by atoms with Crippen LogP contribution in [0.25, 0.3) is 49.9 Å². The van der Waals surface area contributed by atoms with Gasteiger partial charge in [0, 0.05) is 38.0 Å². The van der Waals surface area contributed by atoms with E-state index in [0.29, 0.717) is 11.6 Å². The molecule has 146 valence electrons. The van der Waals surface area contributed by atoms with Gasteiger partial charge in [0.25, 0.3) is 5.78 Å². The Morgan fingerprint density at radius 1 is 0.967 bits per heavy atom. The van der Waals surface area contributed by atoms with Crippen LogP contribution < -0.4 is 0 Å². The first-order chi connectivity index (χ1) is 14.7. The Bertz CT molecular complexity index is 1520. The molecule has 0 saturated carbocycles. The van der Waals surface area contributed by atoms with Crippen molar-refractivity contribution in [1.29, 1.82) is 0 Å². The number of aryl methyl sites for hydroxylation is 2. The monoisotopic (exact) mass is 428 g/mol. The summed E-state index contributed by atoms with van der Waals surface area (Å²) in [6.45, 7) is 4.25. The van der Waals surface area contributed by atoms with Crippen LogP contribution in [0, 0.1) is 13.8 Å².